The number of sulfonamides is 1. The third-order valence-electron chi connectivity index (χ3n) is 8.35. The molecule has 1 aliphatic carbocycles. The summed E-state index contributed by atoms with van der Waals surface area (Å²) >= 11 is 0. The van der Waals surface area contributed by atoms with E-state index in [9.17, 15) is 31.4 Å². The molecule has 1 aliphatic heterocycles. The van der Waals surface area contributed by atoms with Gasteiger partial charge in [0.05, 0.1) is 9.79 Å². The molecule has 2 aliphatic rings. The van der Waals surface area contributed by atoms with Gasteiger partial charge in [0, 0.05) is 19.1 Å². The van der Waals surface area contributed by atoms with Crippen molar-refractivity contribution < 1.29 is 35.5 Å². The van der Waals surface area contributed by atoms with Crippen molar-refractivity contribution in [2.75, 3.05) is 13.1 Å². The zero-order chi connectivity index (χ0) is 33.4. The van der Waals surface area contributed by atoms with E-state index < -0.39 is 56.6 Å². The van der Waals surface area contributed by atoms with Crippen LogP contribution in [-0.4, -0.2) is 76.4 Å². The molecule has 250 valence electrons. The summed E-state index contributed by atoms with van der Waals surface area (Å²) in [5.74, 6) is -1.38. The Balaban J connectivity index is 1.32. The molecule has 7 N–H and O–H groups in total. The van der Waals surface area contributed by atoms with Crippen molar-refractivity contribution in [3.8, 4) is 0 Å². The number of nitrogens with zero attached hydrogens (tertiary/aromatic N) is 1. The molecule has 1 atom stereocenters. The maximum absolute atomic E-state index is 13.7. The lowest BCUT2D eigenvalue weighted by Gasteiger charge is -2.35. The van der Waals surface area contributed by atoms with Crippen LogP contribution < -0.4 is 21.7 Å². The molecule has 4 rings (SSSR count). The average Bonchev–Trinajstić information content (AvgIpc) is 3.53. The van der Waals surface area contributed by atoms with Crippen LogP contribution in [0, 0.1) is 10.8 Å². The van der Waals surface area contributed by atoms with Crippen LogP contribution in [0.2, 0.25) is 6.32 Å². The van der Waals surface area contributed by atoms with Gasteiger partial charge in [-0.2, -0.15) is 12.7 Å². The molecule has 0 aromatic heterocycles. The predicted molar refractivity (Wildman–Crippen MR) is 171 cm³/mol. The first-order chi connectivity index (χ1) is 21.8. The van der Waals surface area contributed by atoms with Gasteiger partial charge in [0.25, 0.3) is 10.1 Å². The van der Waals surface area contributed by atoms with E-state index in [1.807, 2.05) is 0 Å². The highest BCUT2D eigenvalue weighted by Crippen LogP contribution is 2.39. The van der Waals surface area contributed by atoms with Crippen LogP contribution in [0.4, 0.5) is 0 Å². The van der Waals surface area contributed by atoms with E-state index in [0.717, 1.165) is 0 Å². The highest BCUT2D eigenvalue weighted by molar-refractivity contribution is 7.89. The number of carbonyl (C=O) groups excluding carboxylic acids is 2. The largest absolute Gasteiger partial charge is 0.471 e. The highest BCUT2D eigenvalue weighted by Gasteiger charge is 2.49. The van der Waals surface area contributed by atoms with Crippen LogP contribution in [0.3, 0.4) is 0 Å². The summed E-state index contributed by atoms with van der Waals surface area (Å²) in [5, 5.41) is 26.3. The Hall–Kier alpha value is -3.51. The van der Waals surface area contributed by atoms with Crippen LogP contribution in [-0.2, 0) is 33.8 Å². The van der Waals surface area contributed by atoms with E-state index in [1.54, 1.807) is 36.4 Å². The Morgan fingerprint density at radius 2 is 1.52 bits per heavy atom. The number of piperidine rings is 1. The summed E-state index contributed by atoms with van der Waals surface area (Å²) in [6, 6.07) is 15.3. The number of nitrogens with one attached hydrogen (secondary N) is 4. The van der Waals surface area contributed by atoms with Gasteiger partial charge >= 0.3 is 7.12 Å². The summed E-state index contributed by atoms with van der Waals surface area (Å²) in [5.41, 5.74) is 4.19. The van der Waals surface area contributed by atoms with Gasteiger partial charge in [-0.15, -0.1) is 0 Å². The lowest BCUT2D eigenvalue weighted by Crippen LogP contribution is -2.58. The van der Waals surface area contributed by atoms with Gasteiger partial charge in [-0.1, -0.05) is 55.7 Å². The van der Waals surface area contributed by atoms with Crippen molar-refractivity contribution in [2.24, 2.45) is 11.1 Å². The molecule has 2 fully saturated rings. The monoisotopic (exact) mass is 676 g/mol. The maximum Gasteiger partial charge on any atom is 0.471 e. The average molecular weight is 677 g/mol. The van der Waals surface area contributed by atoms with E-state index >= 15 is 0 Å². The maximum atomic E-state index is 13.7. The quantitative estimate of drug-likeness (QED) is 0.0550. The van der Waals surface area contributed by atoms with Gasteiger partial charge in [0.2, 0.25) is 21.8 Å². The van der Waals surface area contributed by atoms with Crippen LogP contribution in [0.1, 0.15) is 51.4 Å². The van der Waals surface area contributed by atoms with E-state index in [0.29, 0.717) is 38.5 Å². The fourth-order valence-corrected chi connectivity index (χ4v) is 8.32. The third kappa shape index (κ3) is 8.85. The molecule has 17 heteroatoms. The van der Waals surface area contributed by atoms with E-state index in [2.05, 4.69) is 16.0 Å². The predicted octanol–water partition coefficient (Wildman–Crippen LogP) is 1.11. The van der Waals surface area contributed by atoms with Gasteiger partial charge < -0.3 is 26.7 Å². The summed E-state index contributed by atoms with van der Waals surface area (Å²) in [6.45, 7) is 0.461. The first-order valence-corrected chi connectivity index (χ1v) is 18.1. The number of hydrogen-bond donors (Lipinski definition) is 6. The first kappa shape index (κ1) is 35.4. The molecular formula is C29H41BN6O8S2. The van der Waals surface area contributed by atoms with Gasteiger partial charge in [-0.3, -0.25) is 19.1 Å². The molecule has 46 heavy (non-hydrogen) atoms. The molecule has 0 bridgehead atoms. The Bertz CT molecular complexity index is 1570. The Labute approximate surface area is 270 Å². The summed E-state index contributed by atoms with van der Waals surface area (Å²) < 4.78 is 57.0. The number of amides is 2. The fourth-order valence-electron chi connectivity index (χ4n) is 5.84. The molecular weight excluding hydrogens is 635 g/mol. The van der Waals surface area contributed by atoms with Crippen LogP contribution in [0.25, 0.3) is 0 Å². The SMILES string of the molecule is N=C(N)NC(CCCB(O)OS(=O)(=O)c1ccccc1)NC(=O)C1(C(=O)NC2CCN(S(=O)(=O)c3ccccc3)CC2)CCCC1. The molecule has 1 saturated heterocycles. The Morgan fingerprint density at radius 3 is 2.09 bits per heavy atom. The van der Waals surface area contributed by atoms with E-state index in [4.69, 9.17) is 15.2 Å². The zero-order valence-electron chi connectivity index (χ0n) is 25.4. The second-order valence-electron chi connectivity index (χ2n) is 11.6. The molecule has 14 nitrogen and oxygen atoms in total. The van der Waals surface area contributed by atoms with E-state index in [-0.39, 0.29) is 48.1 Å². The molecule has 1 heterocycles. The second-order valence-corrected chi connectivity index (χ2v) is 15.1. The Kier molecular flexibility index (Phi) is 11.8. The van der Waals surface area contributed by atoms with E-state index in [1.165, 1.54) is 28.6 Å². The minimum absolute atomic E-state index is 0.0949. The number of guanidine groups is 1. The number of rotatable bonds is 14. The molecule has 2 aromatic rings. The van der Waals surface area contributed by atoms with Crippen molar-refractivity contribution in [1.82, 2.24) is 20.3 Å². The normalized spacial score (nSPS) is 17.9. The third-order valence-corrected chi connectivity index (χ3v) is 11.6. The molecule has 0 radical (unpaired) electrons. The molecule has 2 amide bonds. The molecule has 1 saturated carbocycles. The minimum Gasteiger partial charge on any atom is -0.426 e. The fraction of sp³-hybridized carbons (Fsp3) is 0.483. The minimum atomic E-state index is -4.18. The molecule has 2 aromatic carbocycles. The van der Waals surface area contributed by atoms with Crippen molar-refractivity contribution in [1.29, 1.82) is 5.41 Å². The number of benzene rings is 2. The standard InChI is InChI=1S/C29H41BN6O8S2/c31-28(32)35-25(14-9-19-30(39)44-46(42,43)24-12-5-2-6-13-24)34-27(38)29(17-7-8-18-29)26(37)33-22-15-20-36(21-16-22)45(40,41)23-10-3-1-4-11-23/h1-6,10-13,22,25,39H,7-9,14-21H2,(H,33,37)(H,34,38)(H4,31,32,35). The highest BCUT2D eigenvalue weighted by atomic mass is 32.2. The molecule has 1 unspecified atom stereocenters. The lowest BCUT2D eigenvalue weighted by atomic mass is 9.82. The number of nitrogens with two attached hydrogens (primary N) is 1. The van der Waals surface area contributed by atoms with Gasteiger partial charge in [0.15, 0.2) is 5.96 Å². The van der Waals surface area contributed by atoms with Crippen molar-refractivity contribution in [3.05, 3.63) is 60.7 Å². The summed E-state index contributed by atoms with van der Waals surface area (Å²) in [4.78, 5) is 27.4. The lowest BCUT2D eigenvalue weighted by molar-refractivity contribution is -0.144. The topological polar surface area (TPSA) is 221 Å². The smallest absolute Gasteiger partial charge is 0.426 e. The van der Waals surface area contributed by atoms with Crippen molar-refractivity contribution in [2.45, 2.75) is 79.7 Å². The van der Waals surface area contributed by atoms with Crippen molar-refractivity contribution in [3.63, 3.8) is 0 Å². The van der Waals surface area contributed by atoms with Gasteiger partial charge in [-0.05, 0) is 62.7 Å². The van der Waals surface area contributed by atoms with Gasteiger partial charge in [-0.25, -0.2) is 8.42 Å². The second kappa shape index (κ2) is 15.4. The van der Waals surface area contributed by atoms with Gasteiger partial charge in [0.1, 0.15) is 11.6 Å². The zero-order valence-corrected chi connectivity index (χ0v) is 27.1. The van der Waals surface area contributed by atoms with Crippen LogP contribution in [0.15, 0.2) is 70.5 Å². The van der Waals surface area contributed by atoms with Crippen LogP contribution >= 0.6 is 0 Å². The summed E-state index contributed by atoms with van der Waals surface area (Å²) in [7, 11) is -9.46. The Morgan fingerprint density at radius 1 is 0.957 bits per heavy atom. The number of hydrogen-bond acceptors (Lipinski definition) is 9. The molecule has 0 spiro atoms. The van der Waals surface area contributed by atoms with Crippen molar-refractivity contribution >= 4 is 45.0 Å². The number of carbonyl (C=O) groups is 2. The summed E-state index contributed by atoms with van der Waals surface area (Å²) in [6.07, 6.45) is 2.12. The first-order valence-electron chi connectivity index (χ1n) is 15.3. The van der Waals surface area contributed by atoms with Crippen LogP contribution in [0.5, 0.6) is 0 Å².